The standard InChI is InChI=1S/C9H14N2/c1-7-5-11-6-8(2)9(7)3-4-10/h5-6H,3-4,10H2,1-2H3. The molecule has 0 radical (unpaired) electrons. The van der Waals surface area contributed by atoms with Gasteiger partial charge in [-0.1, -0.05) is 0 Å². The van der Waals surface area contributed by atoms with Crippen LogP contribution >= 0.6 is 0 Å². The first-order chi connectivity index (χ1) is 5.25. The second kappa shape index (κ2) is 3.49. The first-order valence-corrected chi connectivity index (χ1v) is 3.86. The number of hydrogen-bond donors (Lipinski definition) is 1. The van der Waals surface area contributed by atoms with Crippen molar-refractivity contribution in [2.24, 2.45) is 5.73 Å². The Labute approximate surface area is 67.5 Å². The van der Waals surface area contributed by atoms with Gasteiger partial charge in [0, 0.05) is 12.4 Å². The monoisotopic (exact) mass is 150 g/mol. The van der Waals surface area contributed by atoms with Crippen molar-refractivity contribution in [2.45, 2.75) is 20.3 Å². The van der Waals surface area contributed by atoms with Gasteiger partial charge >= 0.3 is 0 Å². The summed E-state index contributed by atoms with van der Waals surface area (Å²) in [7, 11) is 0. The molecule has 2 N–H and O–H groups in total. The van der Waals surface area contributed by atoms with Crippen molar-refractivity contribution >= 4 is 0 Å². The van der Waals surface area contributed by atoms with Gasteiger partial charge in [-0.15, -0.1) is 0 Å². The molecule has 0 atom stereocenters. The van der Waals surface area contributed by atoms with Gasteiger partial charge in [0.05, 0.1) is 0 Å². The molecule has 0 aliphatic heterocycles. The van der Waals surface area contributed by atoms with E-state index in [2.05, 4.69) is 18.8 Å². The van der Waals surface area contributed by atoms with Gasteiger partial charge in [-0.05, 0) is 43.5 Å². The van der Waals surface area contributed by atoms with Crippen LogP contribution in [0.3, 0.4) is 0 Å². The smallest absolute Gasteiger partial charge is 0.0300 e. The van der Waals surface area contributed by atoms with Crippen LogP contribution in [0.25, 0.3) is 0 Å². The van der Waals surface area contributed by atoms with Crippen LogP contribution in [0, 0.1) is 13.8 Å². The van der Waals surface area contributed by atoms with Crippen molar-refractivity contribution < 1.29 is 0 Å². The van der Waals surface area contributed by atoms with Crippen LogP contribution in [0.5, 0.6) is 0 Å². The van der Waals surface area contributed by atoms with Gasteiger partial charge in [-0.3, -0.25) is 4.98 Å². The summed E-state index contributed by atoms with van der Waals surface area (Å²) in [6.45, 7) is 4.86. The van der Waals surface area contributed by atoms with Crippen LogP contribution in [-0.4, -0.2) is 11.5 Å². The van der Waals surface area contributed by atoms with E-state index >= 15 is 0 Å². The maximum Gasteiger partial charge on any atom is 0.0300 e. The highest BCUT2D eigenvalue weighted by atomic mass is 14.6. The van der Waals surface area contributed by atoms with Crippen LogP contribution in [0.4, 0.5) is 0 Å². The number of pyridine rings is 1. The fourth-order valence-electron chi connectivity index (χ4n) is 1.27. The van der Waals surface area contributed by atoms with E-state index in [-0.39, 0.29) is 0 Å². The zero-order valence-electron chi connectivity index (χ0n) is 7.09. The van der Waals surface area contributed by atoms with Crippen molar-refractivity contribution in [3.05, 3.63) is 29.1 Å². The van der Waals surface area contributed by atoms with Crippen LogP contribution < -0.4 is 5.73 Å². The molecular formula is C9H14N2. The molecule has 0 unspecified atom stereocenters. The van der Waals surface area contributed by atoms with E-state index in [4.69, 9.17) is 5.73 Å². The first kappa shape index (κ1) is 8.21. The average molecular weight is 150 g/mol. The van der Waals surface area contributed by atoms with Gasteiger partial charge in [-0.2, -0.15) is 0 Å². The van der Waals surface area contributed by atoms with Gasteiger partial charge in [0.25, 0.3) is 0 Å². The molecular weight excluding hydrogens is 136 g/mol. The van der Waals surface area contributed by atoms with Crippen molar-refractivity contribution in [3.8, 4) is 0 Å². The number of aryl methyl sites for hydroxylation is 2. The molecule has 2 heteroatoms. The Morgan fingerprint density at radius 3 is 2.27 bits per heavy atom. The third-order valence-corrected chi connectivity index (χ3v) is 1.88. The molecule has 60 valence electrons. The summed E-state index contributed by atoms with van der Waals surface area (Å²) in [5, 5.41) is 0. The SMILES string of the molecule is Cc1cncc(C)c1CCN. The minimum atomic E-state index is 0.714. The van der Waals surface area contributed by atoms with Gasteiger partial charge in [0.1, 0.15) is 0 Å². The van der Waals surface area contributed by atoms with Crippen molar-refractivity contribution in [1.82, 2.24) is 4.98 Å². The lowest BCUT2D eigenvalue weighted by molar-refractivity contribution is 0.937. The van der Waals surface area contributed by atoms with E-state index in [1.54, 1.807) is 0 Å². The molecule has 0 aliphatic carbocycles. The number of aromatic nitrogens is 1. The summed E-state index contributed by atoms with van der Waals surface area (Å²) < 4.78 is 0. The van der Waals surface area contributed by atoms with E-state index in [0.29, 0.717) is 6.54 Å². The Balaban J connectivity index is 3.00. The molecule has 0 aliphatic rings. The summed E-state index contributed by atoms with van der Waals surface area (Å²) in [6.07, 6.45) is 4.73. The van der Waals surface area contributed by atoms with Gasteiger partial charge in [0.2, 0.25) is 0 Å². The van der Waals surface area contributed by atoms with Crippen molar-refractivity contribution in [2.75, 3.05) is 6.54 Å². The van der Waals surface area contributed by atoms with Crippen LogP contribution in [0.1, 0.15) is 16.7 Å². The maximum atomic E-state index is 5.48. The Morgan fingerprint density at radius 1 is 1.27 bits per heavy atom. The van der Waals surface area contributed by atoms with Crippen molar-refractivity contribution in [1.29, 1.82) is 0 Å². The van der Waals surface area contributed by atoms with Crippen molar-refractivity contribution in [3.63, 3.8) is 0 Å². The lowest BCUT2D eigenvalue weighted by Gasteiger charge is -2.06. The highest BCUT2D eigenvalue weighted by molar-refractivity contribution is 5.29. The average Bonchev–Trinajstić information content (AvgIpc) is 1.97. The van der Waals surface area contributed by atoms with Crippen LogP contribution in [-0.2, 0) is 6.42 Å². The third-order valence-electron chi connectivity index (χ3n) is 1.88. The van der Waals surface area contributed by atoms with Gasteiger partial charge in [-0.25, -0.2) is 0 Å². The second-order valence-corrected chi connectivity index (χ2v) is 2.79. The van der Waals surface area contributed by atoms with E-state index in [1.807, 2.05) is 12.4 Å². The fraction of sp³-hybridized carbons (Fsp3) is 0.444. The van der Waals surface area contributed by atoms with E-state index < -0.39 is 0 Å². The topological polar surface area (TPSA) is 38.9 Å². The van der Waals surface area contributed by atoms with E-state index in [0.717, 1.165) is 6.42 Å². The molecule has 0 aromatic carbocycles. The summed E-state index contributed by atoms with van der Waals surface area (Å²) in [5.74, 6) is 0. The highest BCUT2D eigenvalue weighted by Gasteiger charge is 1.99. The molecule has 2 nitrogen and oxygen atoms in total. The van der Waals surface area contributed by atoms with E-state index in [1.165, 1.54) is 16.7 Å². The molecule has 0 saturated heterocycles. The largest absolute Gasteiger partial charge is 0.330 e. The number of rotatable bonds is 2. The Bertz CT molecular complexity index is 223. The normalized spacial score (nSPS) is 10.1. The highest BCUT2D eigenvalue weighted by Crippen LogP contribution is 2.10. The Hall–Kier alpha value is -0.890. The second-order valence-electron chi connectivity index (χ2n) is 2.79. The summed E-state index contributed by atoms with van der Waals surface area (Å²) >= 11 is 0. The quantitative estimate of drug-likeness (QED) is 0.688. The summed E-state index contributed by atoms with van der Waals surface area (Å²) in [6, 6.07) is 0. The minimum absolute atomic E-state index is 0.714. The van der Waals surface area contributed by atoms with Gasteiger partial charge < -0.3 is 5.73 Å². The Kier molecular flexibility index (Phi) is 2.60. The minimum Gasteiger partial charge on any atom is -0.330 e. The molecule has 0 bridgehead atoms. The molecule has 11 heavy (non-hydrogen) atoms. The van der Waals surface area contributed by atoms with Crippen LogP contribution in [0.2, 0.25) is 0 Å². The number of nitrogens with zero attached hydrogens (tertiary/aromatic N) is 1. The maximum absolute atomic E-state index is 5.48. The summed E-state index contributed by atoms with van der Waals surface area (Å²) in [4.78, 5) is 4.09. The van der Waals surface area contributed by atoms with E-state index in [9.17, 15) is 0 Å². The molecule has 0 spiro atoms. The summed E-state index contributed by atoms with van der Waals surface area (Å²) in [5.41, 5.74) is 9.32. The lowest BCUT2D eigenvalue weighted by Crippen LogP contribution is -2.06. The first-order valence-electron chi connectivity index (χ1n) is 3.86. The molecule has 0 amide bonds. The molecule has 1 heterocycles. The van der Waals surface area contributed by atoms with Gasteiger partial charge in [0.15, 0.2) is 0 Å². The predicted molar refractivity (Wildman–Crippen MR) is 46.5 cm³/mol. The Morgan fingerprint density at radius 2 is 1.82 bits per heavy atom. The third kappa shape index (κ3) is 1.77. The molecule has 1 aromatic heterocycles. The molecule has 1 aromatic rings. The zero-order chi connectivity index (χ0) is 8.27. The fourth-order valence-corrected chi connectivity index (χ4v) is 1.27. The number of hydrogen-bond acceptors (Lipinski definition) is 2. The zero-order valence-corrected chi connectivity index (χ0v) is 7.09. The molecule has 1 rings (SSSR count). The number of nitrogens with two attached hydrogens (primary N) is 1. The van der Waals surface area contributed by atoms with Crippen LogP contribution in [0.15, 0.2) is 12.4 Å². The predicted octanol–water partition coefficient (Wildman–Crippen LogP) is 1.20. The lowest BCUT2D eigenvalue weighted by atomic mass is 10.0. The molecule has 0 fully saturated rings. The molecule has 0 saturated carbocycles.